The number of hydrogen-bond acceptors (Lipinski definition) is 2. The highest BCUT2D eigenvalue weighted by atomic mass is 16.2. The topological polar surface area (TPSA) is 46.9 Å². The van der Waals surface area contributed by atoms with E-state index in [2.05, 4.69) is 44.3 Å². The van der Waals surface area contributed by atoms with Crippen molar-refractivity contribution in [2.45, 2.75) is 34.6 Å². The molecule has 1 heterocycles. The standard InChI is InChI=1S/C27H27N3O/c1-17-7-6-8-24(13-17)30-26(27(31)28-23-12-10-19(3)21(5)15-23)16-25(29-30)22-11-9-18(2)20(4)14-22/h6-16H,1-5H3,(H,28,31). The van der Waals surface area contributed by atoms with Crippen molar-refractivity contribution in [3.05, 3.63) is 100 Å². The van der Waals surface area contributed by atoms with Crippen LogP contribution in [0.4, 0.5) is 5.69 Å². The van der Waals surface area contributed by atoms with E-state index in [1.165, 1.54) is 16.7 Å². The van der Waals surface area contributed by atoms with E-state index in [4.69, 9.17) is 5.10 Å². The number of hydrogen-bond donors (Lipinski definition) is 1. The van der Waals surface area contributed by atoms with E-state index in [-0.39, 0.29) is 5.91 Å². The largest absolute Gasteiger partial charge is 0.321 e. The van der Waals surface area contributed by atoms with E-state index in [1.807, 2.05) is 62.4 Å². The van der Waals surface area contributed by atoms with Crippen molar-refractivity contribution in [1.29, 1.82) is 0 Å². The summed E-state index contributed by atoms with van der Waals surface area (Å²) in [5.41, 5.74) is 9.78. The van der Waals surface area contributed by atoms with Crippen LogP contribution in [0.1, 0.15) is 38.3 Å². The summed E-state index contributed by atoms with van der Waals surface area (Å²) in [4.78, 5) is 13.3. The van der Waals surface area contributed by atoms with Gasteiger partial charge in [0.2, 0.25) is 0 Å². The first-order chi connectivity index (χ1) is 14.8. The Morgan fingerprint density at radius 1 is 0.774 bits per heavy atom. The van der Waals surface area contributed by atoms with Crippen LogP contribution in [0.5, 0.6) is 0 Å². The van der Waals surface area contributed by atoms with E-state index in [9.17, 15) is 4.79 Å². The maximum absolute atomic E-state index is 13.3. The fourth-order valence-electron chi connectivity index (χ4n) is 3.56. The third-order valence-electron chi connectivity index (χ3n) is 5.76. The Morgan fingerprint density at radius 3 is 2.16 bits per heavy atom. The highest BCUT2D eigenvalue weighted by Gasteiger charge is 2.18. The van der Waals surface area contributed by atoms with Crippen LogP contribution in [-0.4, -0.2) is 15.7 Å². The third-order valence-corrected chi connectivity index (χ3v) is 5.76. The summed E-state index contributed by atoms with van der Waals surface area (Å²) >= 11 is 0. The first-order valence-corrected chi connectivity index (χ1v) is 10.4. The number of rotatable bonds is 4. The van der Waals surface area contributed by atoms with Gasteiger partial charge in [0.1, 0.15) is 5.69 Å². The van der Waals surface area contributed by atoms with Gasteiger partial charge >= 0.3 is 0 Å². The Kier molecular flexibility index (Phi) is 5.47. The Bertz CT molecular complexity index is 1280. The fourth-order valence-corrected chi connectivity index (χ4v) is 3.56. The molecule has 4 rings (SSSR count). The summed E-state index contributed by atoms with van der Waals surface area (Å²) in [6, 6.07) is 22.1. The molecule has 4 heteroatoms. The molecular formula is C27H27N3O. The highest BCUT2D eigenvalue weighted by molar-refractivity contribution is 6.04. The molecule has 1 N–H and O–H groups in total. The quantitative estimate of drug-likeness (QED) is 0.428. The number of benzene rings is 3. The molecule has 0 saturated carbocycles. The molecule has 0 unspecified atom stereocenters. The average Bonchev–Trinajstić information content (AvgIpc) is 3.18. The zero-order valence-corrected chi connectivity index (χ0v) is 18.7. The van der Waals surface area contributed by atoms with Crippen molar-refractivity contribution in [2.24, 2.45) is 0 Å². The van der Waals surface area contributed by atoms with Gasteiger partial charge < -0.3 is 5.32 Å². The van der Waals surface area contributed by atoms with Crippen molar-refractivity contribution in [1.82, 2.24) is 9.78 Å². The second-order valence-corrected chi connectivity index (χ2v) is 8.22. The zero-order chi connectivity index (χ0) is 22.1. The second kappa shape index (κ2) is 8.23. The lowest BCUT2D eigenvalue weighted by Gasteiger charge is -2.10. The molecule has 0 saturated heterocycles. The van der Waals surface area contributed by atoms with Gasteiger partial charge in [-0.25, -0.2) is 4.68 Å². The molecule has 0 fully saturated rings. The predicted molar refractivity (Wildman–Crippen MR) is 127 cm³/mol. The summed E-state index contributed by atoms with van der Waals surface area (Å²) in [6.07, 6.45) is 0. The van der Waals surface area contributed by atoms with Crippen LogP contribution in [0.3, 0.4) is 0 Å². The third kappa shape index (κ3) is 4.29. The molecule has 4 aromatic rings. The summed E-state index contributed by atoms with van der Waals surface area (Å²) < 4.78 is 1.73. The van der Waals surface area contributed by atoms with Crippen molar-refractivity contribution in [2.75, 3.05) is 5.32 Å². The molecule has 0 aliphatic rings. The van der Waals surface area contributed by atoms with Gasteiger partial charge in [-0.05, 0) is 98.8 Å². The minimum Gasteiger partial charge on any atom is -0.321 e. The lowest BCUT2D eigenvalue weighted by Crippen LogP contribution is -2.17. The van der Waals surface area contributed by atoms with Crippen molar-refractivity contribution in [3.8, 4) is 16.9 Å². The minimum absolute atomic E-state index is 0.188. The van der Waals surface area contributed by atoms with Gasteiger partial charge in [0.05, 0.1) is 11.4 Å². The lowest BCUT2D eigenvalue weighted by molar-refractivity contribution is 0.101. The number of carbonyl (C=O) groups is 1. The van der Waals surface area contributed by atoms with Gasteiger partial charge in [0.25, 0.3) is 5.91 Å². The summed E-state index contributed by atoms with van der Waals surface area (Å²) in [6.45, 7) is 10.3. The van der Waals surface area contributed by atoms with Gasteiger partial charge in [-0.1, -0.05) is 30.3 Å². The molecule has 3 aromatic carbocycles. The first-order valence-electron chi connectivity index (χ1n) is 10.4. The van der Waals surface area contributed by atoms with Crippen molar-refractivity contribution in [3.63, 3.8) is 0 Å². The molecule has 1 aromatic heterocycles. The lowest BCUT2D eigenvalue weighted by atomic mass is 10.0. The molecule has 1 amide bonds. The molecule has 31 heavy (non-hydrogen) atoms. The Labute approximate surface area is 183 Å². The molecule has 0 bridgehead atoms. The Morgan fingerprint density at radius 2 is 1.48 bits per heavy atom. The minimum atomic E-state index is -0.188. The molecule has 0 spiro atoms. The number of aryl methyl sites for hydroxylation is 5. The number of carbonyl (C=O) groups excluding carboxylic acids is 1. The van der Waals surface area contributed by atoms with Crippen LogP contribution in [0, 0.1) is 34.6 Å². The first kappa shape index (κ1) is 20.6. The number of amides is 1. The molecule has 0 radical (unpaired) electrons. The van der Waals surface area contributed by atoms with Crippen LogP contribution < -0.4 is 5.32 Å². The van der Waals surface area contributed by atoms with Gasteiger partial charge in [0, 0.05) is 11.3 Å². The molecule has 0 aliphatic carbocycles. The van der Waals surface area contributed by atoms with Crippen LogP contribution in [0.15, 0.2) is 66.7 Å². The highest BCUT2D eigenvalue weighted by Crippen LogP contribution is 2.25. The normalized spacial score (nSPS) is 10.9. The predicted octanol–water partition coefficient (Wildman–Crippen LogP) is 6.33. The monoisotopic (exact) mass is 409 g/mol. The fraction of sp³-hybridized carbons (Fsp3) is 0.185. The molecular weight excluding hydrogens is 382 g/mol. The SMILES string of the molecule is Cc1cccc(-n2nc(-c3ccc(C)c(C)c3)cc2C(=O)Nc2ccc(C)c(C)c2)c1. The molecule has 156 valence electrons. The number of nitrogens with one attached hydrogen (secondary N) is 1. The number of anilines is 1. The van der Waals surface area contributed by atoms with Crippen LogP contribution in [-0.2, 0) is 0 Å². The van der Waals surface area contributed by atoms with E-state index >= 15 is 0 Å². The van der Waals surface area contributed by atoms with Gasteiger partial charge in [-0.15, -0.1) is 0 Å². The van der Waals surface area contributed by atoms with Gasteiger partial charge in [-0.3, -0.25) is 4.79 Å². The number of aromatic nitrogens is 2. The molecule has 4 nitrogen and oxygen atoms in total. The maximum atomic E-state index is 13.3. The molecule has 0 aliphatic heterocycles. The van der Waals surface area contributed by atoms with Crippen LogP contribution >= 0.6 is 0 Å². The van der Waals surface area contributed by atoms with Crippen molar-refractivity contribution >= 4 is 11.6 Å². The van der Waals surface area contributed by atoms with E-state index in [0.717, 1.165) is 33.8 Å². The van der Waals surface area contributed by atoms with E-state index in [0.29, 0.717) is 5.69 Å². The maximum Gasteiger partial charge on any atom is 0.274 e. The Balaban J connectivity index is 1.78. The van der Waals surface area contributed by atoms with Gasteiger partial charge in [-0.2, -0.15) is 5.10 Å². The van der Waals surface area contributed by atoms with Crippen LogP contribution in [0.2, 0.25) is 0 Å². The van der Waals surface area contributed by atoms with E-state index < -0.39 is 0 Å². The summed E-state index contributed by atoms with van der Waals surface area (Å²) in [5, 5.41) is 7.85. The average molecular weight is 410 g/mol. The van der Waals surface area contributed by atoms with Gasteiger partial charge in [0.15, 0.2) is 0 Å². The van der Waals surface area contributed by atoms with Crippen molar-refractivity contribution < 1.29 is 4.79 Å². The smallest absolute Gasteiger partial charge is 0.274 e. The van der Waals surface area contributed by atoms with Crippen LogP contribution in [0.25, 0.3) is 16.9 Å². The summed E-state index contributed by atoms with van der Waals surface area (Å²) in [5.74, 6) is -0.188. The zero-order valence-electron chi connectivity index (χ0n) is 18.7. The molecule has 0 atom stereocenters. The Hall–Kier alpha value is -3.66. The summed E-state index contributed by atoms with van der Waals surface area (Å²) in [7, 11) is 0. The van der Waals surface area contributed by atoms with E-state index in [1.54, 1.807) is 4.68 Å². The number of nitrogens with zero attached hydrogens (tertiary/aromatic N) is 2. The second-order valence-electron chi connectivity index (χ2n) is 8.22.